The Morgan fingerprint density at radius 3 is 2.55 bits per heavy atom. The zero-order chi connectivity index (χ0) is 20.8. The van der Waals surface area contributed by atoms with E-state index in [0.29, 0.717) is 12.2 Å². The van der Waals surface area contributed by atoms with E-state index in [-0.39, 0.29) is 21.8 Å². The smallest absolute Gasteiger partial charge is 0.238 e. The lowest BCUT2D eigenvalue weighted by Gasteiger charge is -2.60. The van der Waals surface area contributed by atoms with E-state index in [2.05, 4.69) is 40.9 Å². The van der Waals surface area contributed by atoms with Gasteiger partial charge in [0.1, 0.15) is 12.1 Å². The number of carbonyl (C=O) groups excluding carboxylic acids is 1. The number of hydrogen-bond donors (Lipinski definition) is 1. The van der Waals surface area contributed by atoms with Gasteiger partial charge in [-0.05, 0) is 18.2 Å². The summed E-state index contributed by atoms with van der Waals surface area (Å²) in [6.07, 6.45) is 1.75. The van der Waals surface area contributed by atoms with Gasteiger partial charge in [0, 0.05) is 54.3 Å². The van der Waals surface area contributed by atoms with Gasteiger partial charge in [-0.3, -0.25) is 14.6 Å². The molecule has 0 aliphatic carbocycles. The first-order chi connectivity index (χ1) is 13.6. The molecule has 2 saturated heterocycles. The number of likely N-dealkylation sites (tertiary alicyclic amines) is 2. The van der Waals surface area contributed by atoms with Crippen LogP contribution in [0.25, 0.3) is 0 Å². The Bertz CT molecular complexity index is 889. The van der Waals surface area contributed by atoms with Crippen LogP contribution in [0.2, 0.25) is 5.02 Å². The lowest BCUT2D eigenvalue weighted by Crippen LogP contribution is -2.72. The summed E-state index contributed by atoms with van der Waals surface area (Å²) in [5.41, 5.74) is 1.54. The van der Waals surface area contributed by atoms with Gasteiger partial charge in [-0.15, -0.1) is 0 Å². The number of halogens is 2. The number of aromatic nitrogens is 1. The molecule has 6 nitrogen and oxygen atoms in total. The number of nitrogens with one attached hydrogen (secondary N) is 1. The Morgan fingerprint density at radius 1 is 1.24 bits per heavy atom. The highest BCUT2D eigenvalue weighted by molar-refractivity contribution is 6.30. The van der Waals surface area contributed by atoms with Crippen molar-refractivity contribution >= 4 is 23.2 Å². The minimum absolute atomic E-state index is 0.0830. The number of nitrogens with zero attached hydrogens (tertiary/aromatic N) is 3. The molecule has 2 aliphatic heterocycles. The van der Waals surface area contributed by atoms with E-state index in [1.165, 1.54) is 12.1 Å². The van der Waals surface area contributed by atoms with Crippen LogP contribution in [-0.2, 0) is 16.8 Å². The van der Waals surface area contributed by atoms with Crippen LogP contribution < -0.4 is 5.32 Å². The van der Waals surface area contributed by atoms with Crippen LogP contribution in [0, 0.1) is 11.2 Å². The molecule has 2 fully saturated rings. The summed E-state index contributed by atoms with van der Waals surface area (Å²) in [6, 6.07) is 4.01. The number of rotatable bonds is 5. The summed E-state index contributed by atoms with van der Waals surface area (Å²) < 4.78 is 19.0. The molecule has 2 aliphatic rings. The monoisotopic (exact) mass is 420 g/mol. The zero-order valence-corrected chi connectivity index (χ0v) is 17.7. The quantitative estimate of drug-likeness (QED) is 0.801. The SMILES string of the molecule is CC(C)(C)c1nc(CN2CC3(CN(CC(=O)Nc4cc(F)cc(Cl)c4)C3)C2)co1. The summed E-state index contributed by atoms with van der Waals surface area (Å²) in [6.45, 7) is 11.1. The number of anilines is 1. The van der Waals surface area contributed by atoms with Crippen molar-refractivity contribution in [3.05, 3.63) is 46.9 Å². The van der Waals surface area contributed by atoms with E-state index in [9.17, 15) is 9.18 Å². The van der Waals surface area contributed by atoms with Crippen LogP contribution in [-0.4, -0.2) is 53.4 Å². The molecule has 0 saturated carbocycles. The largest absolute Gasteiger partial charge is 0.448 e. The fourth-order valence-electron chi connectivity index (χ4n) is 4.21. The topological polar surface area (TPSA) is 61.6 Å². The number of benzene rings is 1. The van der Waals surface area contributed by atoms with Crippen LogP contribution >= 0.6 is 11.6 Å². The highest BCUT2D eigenvalue weighted by Gasteiger charge is 2.51. The normalized spacial score (nSPS) is 19.1. The lowest BCUT2D eigenvalue weighted by molar-refractivity contribution is -0.134. The summed E-state index contributed by atoms with van der Waals surface area (Å²) in [7, 11) is 0. The van der Waals surface area contributed by atoms with E-state index >= 15 is 0 Å². The molecule has 1 aromatic heterocycles. The molecule has 1 N–H and O–H groups in total. The second-order valence-electron chi connectivity index (χ2n) is 9.39. The molecule has 1 amide bonds. The predicted octanol–water partition coefficient (Wildman–Crippen LogP) is 3.52. The first-order valence-corrected chi connectivity index (χ1v) is 10.1. The molecular formula is C21H26ClFN4O2. The van der Waals surface area contributed by atoms with Crippen LogP contribution in [0.4, 0.5) is 10.1 Å². The highest BCUT2D eigenvalue weighted by atomic mass is 35.5. The average Bonchev–Trinajstić information content (AvgIpc) is 2.98. The fourth-order valence-corrected chi connectivity index (χ4v) is 4.43. The van der Waals surface area contributed by atoms with Gasteiger partial charge >= 0.3 is 0 Å². The van der Waals surface area contributed by atoms with E-state index in [4.69, 9.17) is 16.0 Å². The summed E-state index contributed by atoms with van der Waals surface area (Å²) >= 11 is 5.82. The third-order valence-corrected chi connectivity index (χ3v) is 5.55. The Labute approximate surface area is 175 Å². The Kier molecular flexibility index (Phi) is 5.17. The first kappa shape index (κ1) is 20.3. The predicted molar refractivity (Wildman–Crippen MR) is 109 cm³/mol. The molecule has 0 atom stereocenters. The highest BCUT2D eigenvalue weighted by Crippen LogP contribution is 2.40. The number of carbonyl (C=O) groups is 1. The van der Waals surface area contributed by atoms with Crippen molar-refractivity contribution in [2.45, 2.75) is 32.7 Å². The van der Waals surface area contributed by atoms with Crippen LogP contribution in [0.15, 0.2) is 28.9 Å². The maximum Gasteiger partial charge on any atom is 0.238 e. The van der Waals surface area contributed by atoms with Crippen molar-refractivity contribution < 1.29 is 13.6 Å². The van der Waals surface area contributed by atoms with E-state index in [1.807, 2.05) is 0 Å². The summed E-state index contributed by atoms with van der Waals surface area (Å²) in [5.74, 6) is 0.144. The molecule has 0 unspecified atom stereocenters. The number of hydrogen-bond acceptors (Lipinski definition) is 5. The van der Waals surface area contributed by atoms with Gasteiger partial charge in [0.15, 0.2) is 5.89 Å². The molecular weight excluding hydrogens is 395 g/mol. The fraction of sp³-hybridized carbons (Fsp3) is 0.524. The second kappa shape index (κ2) is 7.38. The van der Waals surface area contributed by atoms with E-state index in [0.717, 1.165) is 44.3 Å². The third kappa shape index (κ3) is 4.63. The van der Waals surface area contributed by atoms with Gasteiger partial charge in [0.2, 0.25) is 5.91 Å². The second-order valence-corrected chi connectivity index (χ2v) is 9.83. The van der Waals surface area contributed by atoms with Crippen molar-refractivity contribution in [2.75, 3.05) is 38.0 Å². The molecule has 2 aromatic rings. The molecule has 1 aromatic carbocycles. The number of oxazole rings is 1. The maximum absolute atomic E-state index is 13.4. The summed E-state index contributed by atoms with van der Waals surface area (Å²) in [4.78, 5) is 21.3. The Balaban J connectivity index is 1.20. The Morgan fingerprint density at radius 2 is 1.93 bits per heavy atom. The van der Waals surface area contributed by atoms with Gasteiger partial charge in [-0.25, -0.2) is 9.37 Å². The van der Waals surface area contributed by atoms with Crippen molar-refractivity contribution in [1.29, 1.82) is 0 Å². The molecule has 0 radical (unpaired) electrons. The van der Waals surface area contributed by atoms with E-state index < -0.39 is 5.82 Å². The minimum Gasteiger partial charge on any atom is -0.448 e. The van der Waals surface area contributed by atoms with Gasteiger partial charge < -0.3 is 9.73 Å². The zero-order valence-electron chi connectivity index (χ0n) is 17.0. The van der Waals surface area contributed by atoms with Gasteiger partial charge in [-0.1, -0.05) is 32.4 Å². The molecule has 8 heteroatoms. The molecule has 3 heterocycles. The first-order valence-electron chi connectivity index (χ1n) is 9.76. The molecule has 4 rings (SSSR count). The van der Waals surface area contributed by atoms with E-state index in [1.54, 1.807) is 12.3 Å². The number of amides is 1. The van der Waals surface area contributed by atoms with Crippen molar-refractivity contribution in [3.63, 3.8) is 0 Å². The summed E-state index contributed by atoms with van der Waals surface area (Å²) in [5, 5.41) is 2.97. The average molecular weight is 421 g/mol. The molecule has 29 heavy (non-hydrogen) atoms. The third-order valence-electron chi connectivity index (χ3n) is 5.33. The van der Waals surface area contributed by atoms with Crippen molar-refractivity contribution in [2.24, 2.45) is 5.41 Å². The van der Waals surface area contributed by atoms with Crippen LogP contribution in [0.1, 0.15) is 32.4 Å². The Hall–Kier alpha value is -1.96. The standard InChI is InChI=1S/C21H26ClFN4O2/c1-20(2,3)19-25-17(9-29-19)7-26-10-21(11-26)12-27(13-21)8-18(28)24-16-5-14(22)4-15(23)6-16/h4-6,9H,7-8,10-13H2,1-3H3,(H,24,28). The molecule has 0 bridgehead atoms. The molecule has 1 spiro atoms. The minimum atomic E-state index is -0.466. The maximum atomic E-state index is 13.4. The van der Waals surface area contributed by atoms with Crippen LogP contribution in [0.5, 0.6) is 0 Å². The van der Waals surface area contributed by atoms with Crippen molar-refractivity contribution in [1.82, 2.24) is 14.8 Å². The van der Waals surface area contributed by atoms with Crippen molar-refractivity contribution in [3.8, 4) is 0 Å². The van der Waals surface area contributed by atoms with Gasteiger partial charge in [-0.2, -0.15) is 0 Å². The lowest BCUT2D eigenvalue weighted by atomic mass is 9.73. The molecule has 156 valence electrons. The van der Waals surface area contributed by atoms with Gasteiger partial charge in [0.05, 0.1) is 12.2 Å². The van der Waals surface area contributed by atoms with Crippen LogP contribution in [0.3, 0.4) is 0 Å². The van der Waals surface area contributed by atoms with Gasteiger partial charge in [0.25, 0.3) is 0 Å².